The molecule has 0 aliphatic rings. The summed E-state index contributed by atoms with van der Waals surface area (Å²) in [5.74, 6) is 0.348. The Hall–Kier alpha value is -2.00. The molecule has 0 aliphatic heterocycles. The van der Waals surface area contributed by atoms with Crippen molar-refractivity contribution in [3.63, 3.8) is 0 Å². The third kappa shape index (κ3) is 3.11. The molecule has 104 valence electrons. The van der Waals surface area contributed by atoms with Crippen LogP contribution in [0.15, 0.2) is 42.5 Å². The van der Waals surface area contributed by atoms with Crippen molar-refractivity contribution < 1.29 is 9.53 Å². The van der Waals surface area contributed by atoms with Gasteiger partial charge in [0.05, 0.1) is 12.2 Å². The molecule has 0 saturated heterocycles. The highest BCUT2D eigenvalue weighted by atomic mass is 35.5. The monoisotopic (exact) mass is 289 g/mol. The molecule has 2 N–H and O–H groups in total. The maximum Gasteiger partial charge on any atom is 0.198 e. The maximum absolute atomic E-state index is 12.6. The van der Waals surface area contributed by atoms with Crippen LogP contribution in [0.2, 0.25) is 5.02 Å². The van der Waals surface area contributed by atoms with Crippen LogP contribution in [0.5, 0.6) is 5.75 Å². The van der Waals surface area contributed by atoms with Gasteiger partial charge in [-0.2, -0.15) is 0 Å². The molecule has 0 heterocycles. The van der Waals surface area contributed by atoms with Crippen LogP contribution in [-0.4, -0.2) is 12.4 Å². The highest BCUT2D eigenvalue weighted by Crippen LogP contribution is 2.27. The average molecular weight is 290 g/mol. The van der Waals surface area contributed by atoms with Crippen molar-refractivity contribution in [3.8, 4) is 5.75 Å². The van der Waals surface area contributed by atoms with Crippen LogP contribution in [0.25, 0.3) is 0 Å². The van der Waals surface area contributed by atoms with Gasteiger partial charge in [-0.15, -0.1) is 0 Å². The number of nitrogen functional groups attached to an aromatic ring is 1. The molecule has 0 spiro atoms. The Morgan fingerprint density at radius 3 is 2.65 bits per heavy atom. The van der Waals surface area contributed by atoms with E-state index >= 15 is 0 Å². The van der Waals surface area contributed by atoms with Gasteiger partial charge in [0.2, 0.25) is 0 Å². The van der Waals surface area contributed by atoms with Crippen LogP contribution in [0.1, 0.15) is 29.3 Å². The molecule has 2 aromatic rings. The van der Waals surface area contributed by atoms with Gasteiger partial charge < -0.3 is 10.5 Å². The fourth-order valence-corrected chi connectivity index (χ4v) is 2.04. The van der Waals surface area contributed by atoms with Crippen LogP contribution in [0, 0.1) is 0 Å². The zero-order chi connectivity index (χ0) is 14.5. The second-order valence-electron chi connectivity index (χ2n) is 4.41. The SMILES string of the molecule is CCCOc1ccc(Cl)cc1C(=O)c1ccccc1N. The molecule has 20 heavy (non-hydrogen) atoms. The average Bonchev–Trinajstić information content (AvgIpc) is 2.46. The van der Waals surface area contributed by atoms with Crippen molar-refractivity contribution >= 4 is 23.1 Å². The fourth-order valence-electron chi connectivity index (χ4n) is 1.87. The van der Waals surface area contributed by atoms with Crippen molar-refractivity contribution in [1.82, 2.24) is 0 Å². The lowest BCUT2D eigenvalue weighted by Crippen LogP contribution is -2.08. The molecule has 0 unspecified atom stereocenters. The lowest BCUT2D eigenvalue weighted by molar-refractivity contribution is 0.103. The molecule has 0 amide bonds. The summed E-state index contributed by atoms with van der Waals surface area (Å²) in [6.45, 7) is 2.55. The zero-order valence-corrected chi connectivity index (χ0v) is 12.0. The van der Waals surface area contributed by atoms with Gasteiger partial charge in [-0.1, -0.05) is 30.7 Å². The Bertz CT molecular complexity index is 626. The summed E-state index contributed by atoms with van der Waals surface area (Å²) in [5, 5.41) is 0.492. The first-order valence-corrected chi connectivity index (χ1v) is 6.83. The number of ether oxygens (including phenoxy) is 1. The lowest BCUT2D eigenvalue weighted by atomic mass is 10.0. The minimum Gasteiger partial charge on any atom is -0.493 e. The smallest absolute Gasteiger partial charge is 0.198 e. The van der Waals surface area contributed by atoms with Gasteiger partial charge in [-0.25, -0.2) is 0 Å². The van der Waals surface area contributed by atoms with Crippen molar-refractivity contribution in [1.29, 1.82) is 0 Å². The minimum atomic E-state index is -0.184. The predicted molar refractivity (Wildman–Crippen MR) is 81.5 cm³/mol. The number of para-hydroxylation sites is 1. The maximum atomic E-state index is 12.6. The van der Waals surface area contributed by atoms with E-state index in [1.54, 1.807) is 42.5 Å². The van der Waals surface area contributed by atoms with Crippen molar-refractivity contribution in [2.75, 3.05) is 12.3 Å². The second-order valence-corrected chi connectivity index (χ2v) is 4.84. The Labute approximate surface area is 123 Å². The number of ketones is 1. The number of nitrogens with two attached hydrogens (primary N) is 1. The summed E-state index contributed by atoms with van der Waals surface area (Å²) in [5.41, 5.74) is 7.18. The van der Waals surface area contributed by atoms with Gasteiger partial charge >= 0.3 is 0 Å². The highest BCUT2D eigenvalue weighted by Gasteiger charge is 2.17. The number of halogens is 1. The van der Waals surface area contributed by atoms with E-state index in [0.29, 0.717) is 34.2 Å². The highest BCUT2D eigenvalue weighted by molar-refractivity contribution is 6.31. The van der Waals surface area contributed by atoms with Gasteiger partial charge in [-0.05, 0) is 36.8 Å². The van der Waals surface area contributed by atoms with E-state index in [1.165, 1.54) is 0 Å². The molecule has 0 aliphatic carbocycles. The van der Waals surface area contributed by atoms with Gasteiger partial charge in [0.25, 0.3) is 0 Å². The molecular weight excluding hydrogens is 274 g/mol. The molecule has 0 atom stereocenters. The Morgan fingerprint density at radius 2 is 1.95 bits per heavy atom. The first-order valence-electron chi connectivity index (χ1n) is 6.45. The zero-order valence-electron chi connectivity index (χ0n) is 11.2. The predicted octanol–water partition coefficient (Wildman–Crippen LogP) is 3.94. The number of hydrogen-bond donors (Lipinski definition) is 1. The third-order valence-corrected chi connectivity index (χ3v) is 3.09. The quantitative estimate of drug-likeness (QED) is 0.670. The van der Waals surface area contributed by atoms with Gasteiger partial charge in [0.15, 0.2) is 5.78 Å². The fraction of sp³-hybridized carbons (Fsp3) is 0.188. The van der Waals surface area contributed by atoms with Crippen molar-refractivity contribution in [3.05, 3.63) is 58.6 Å². The van der Waals surface area contributed by atoms with E-state index in [-0.39, 0.29) is 5.78 Å². The molecule has 0 bridgehead atoms. The van der Waals surface area contributed by atoms with Gasteiger partial charge in [0, 0.05) is 16.3 Å². The summed E-state index contributed by atoms with van der Waals surface area (Å²) >= 11 is 5.98. The molecule has 2 rings (SSSR count). The van der Waals surface area contributed by atoms with Crippen molar-refractivity contribution in [2.24, 2.45) is 0 Å². The van der Waals surface area contributed by atoms with E-state index in [4.69, 9.17) is 22.1 Å². The summed E-state index contributed by atoms with van der Waals surface area (Å²) in [7, 11) is 0. The number of rotatable bonds is 5. The van der Waals surface area contributed by atoms with Crippen LogP contribution in [0.3, 0.4) is 0 Å². The van der Waals surface area contributed by atoms with E-state index in [0.717, 1.165) is 6.42 Å². The first kappa shape index (κ1) is 14.4. The Morgan fingerprint density at radius 1 is 1.20 bits per heavy atom. The standard InChI is InChI=1S/C16H16ClNO2/c1-2-9-20-15-8-7-11(17)10-13(15)16(19)12-5-3-4-6-14(12)18/h3-8,10H,2,9,18H2,1H3. The molecule has 2 aromatic carbocycles. The largest absolute Gasteiger partial charge is 0.493 e. The van der Waals surface area contributed by atoms with Crippen LogP contribution in [0.4, 0.5) is 5.69 Å². The number of carbonyl (C=O) groups excluding carboxylic acids is 1. The van der Waals surface area contributed by atoms with E-state index in [2.05, 4.69) is 0 Å². The van der Waals surface area contributed by atoms with Gasteiger partial charge in [0.1, 0.15) is 5.75 Å². The van der Waals surface area contributed by atoms with E-state index < -0.39 is 0 Å². The van der Waals surface area contributed by atoms with E-state index in [9.17, 15) is 4.79 Å². The molecular formula is C16H16ClNO2. The summed E-state index contributed by atoms with van der Waals surface area (Å²) in [6.07, 6.45) is 0.865. The van der Waals surface area contributed by atoms with Crippen LogP contribution < -0.4 is 10.5 Å². The van der Waals surface area contributed by atoms with Crippen LogP contribution in [-0.2, 0) is 0 Å². The second kappa shape index (κ2) is 6.44. The Balaban J connectivity index is 2.43. The minimum absolute atomic E-state index is 0.184. The number of benzene rings is 2. The van der Waals surface area contributed by atoms with Crippen LogP contribution >= 0.6 is 11.6 Å². The molecule has 0 fully saturated rings. The Kier molecular flexibility index (Phi) is 4.64. The molecule has 0 aromatic heterocycles. The molecule has 4 heteroatoms. The summed E-state index contributed by atoms with van der Waals surface area (Å²) in [4.78, 5) is 12.6. The molecule has 0 radical (unpaired) electrons. The third-order valence-electron chi connectivity index (χ3n) is 2.85. The molecule has 3 nitrogen and oxygen atoms in total. The lowest BCUT2D eigenvalue weighted by Gasteiger charge is -2.11. The number of carbonyl (C=O) groups is 1. The first-order chi connectivity index (χ1) is 9.63. The summed E-state index contributed by atoms with van der Waals surface area (Å²) < 4.78 is 5.60. The number of anilines is 1. The molecule has 0 saturated carbocycles. The van der Waals surface area contributed by atoms with Gasteiger partial charge in [-0.3, -0.25) is 4.79 Å². The topological polar surface area (TPSA) is 52.3 Å². The normalized spacial score (nSPS) is 10.3. The van der Waals surface area contributed by atoms with Crippen molar-refractivity contribution in [2.45, 2.75) is 13.3 Å². The van der Waals surface area contributed by atoms with E-state index in [1.807, 2.05) is 6.92 Å². The number of hydrogen-bond acceptors (Lipinski definition) is 3. The summed E-state index contributed by atoms with van der Waals surface area (Å²) in [6, 6.07) is 12.0.